The number of hydrogen-bond donors (Lipinski definition) is 2. The average molecular weight is 315 g/mol. The number of aromatic amines is 1. The molecular weight excluding hydrogens is 304 g/mol. The summed E-state index contributed by atoms with van der Waals surface area (Å²) in [6, 6.07) is 16.3. The van der Waals surface area contributed by atoms with E-state index in [1.54, 1.807) is 24.3 Å². The molecule has 0 aliphatic rings. The molecule has 0 saturated carbocycles. The molecule has 0 spiro atoms. The van der Waals surface area contributed by atoms with Gasteiger partial charge in [0.2, 0.25) is 0 Å². The highest BCUT2D eigenvalue weighted by molar-refractivity contribution is 7.71. The van der Waals surface area contributed by atoms with Crippen LogP contribution in [0.15, 0.2) is 54.6 Å². The molecule has 0 aliphatic carbocycles. The number of hydrogen-bond acceptors (Lipinski definition) is 3. The highest BCUT2D eigenvalue weighted by Crippen LogP contribution is 2.25. The fraction of sp³-hybridized carbons (Fsp3) is 0. The number of benzene rings is 2. The van der Waals surface area contributed by atoms with Crippen LogP contribution in [0.4, 0.5) is 0 Å². The van der Waals surface area contributed by atoms with Crippen LogP contribution in [0.3, 0.4) is 0 Å². The third-order valence-corrected chi connectivity index (χ3v) is 3.51. The van der Waals surface area contributed by atoms with E-state index >= 15 is 0 Å². The highest BCUT2D eigenvalue weighted by Gasteiger charge is 2.05. The van der Waals surface area contributed by atoms with Crippen molar-refractivity contribution < 1.29 is 5.11 Å². The van der Waals surface area contributed by atoms with E-state index in [1.165, 1.54) is 0 Å². The van der Waals surface area contributed by atoms with Gasteiger partial charge in [0.1, 0.15) is 5.75 Å². The number of rotatable bonds is 2. The molecule has 0 radical (unpaired) electrons. The van der Waals surface area contributed by atoms with E-state index in [2.05, 4.69) is 9.97 Å². The van der Waals surface area contributed by atoms with E-state index in [1.807, 2.05) is 30.3 Å². The van der Waals surface area contributed by atoms with Gasteiger partial charge in [0.05, 0.1) is 5.69 Å². The van der Waals surface area contributed by atoms with Crippen molar-refractivity contribution in [1.82, 2.24) is 9.97 Å². The Kier molecular flexibility index (Phi) is 3.73. The summed E-state index contributed by atoms with van der Waals surface area (Å²) in [4.78, 5) is 7.40. The number of phenolic OH excluding ortho intramolecular Hbond substituents is 1. The molecule has 104 valence electrons. The Morgan fingerprint density at radius 2 is 1.57 bits per heavy atom. The number of halogens is 1. The Balaban J connectivity index is 2.10. The van der Waals surface area contributed by atoms with Crippen molar-refractivity contribution in [3.05, 3.63) is 64.4 Å². The van der Waals surface area contributed by atoms with Gasteiger partial charge in [-0.2, -0.15) is 0 Å². The fourth-order valence-corrected chi connectivity index (χ4v) is 2.36. The lowest BCUT2D eigenvalue weighted by Gasteiger charge is -2.06. The predicted molar refractivity (Wildman–Crippen MR) is 87.0 cm³/mol. The maximum atomic E-state index is 9.36. The van der Waals surface area contributed by atoms with Crippen molar-refractivity contribution in [2.45, 2.75) is 0 Å². The SMILES string of the molecule is Oc1ccc(-c2cc(-c3ccc(Cl)cc3)[nH]c(=S)n2)cc1. The summed E-state index contributed by atoms with van der Waals surface area (Å²) in [6.45, 7) is 0. The van der Waals surface area contributed by atoms with Crippen LogP contribution in [0.1, 0.15) is 0 Å². The smallest absolute Gasteiger partial charge is 0.197 e. The quantitative estimate of drug-likeness (QED) is 0.666. The van der Waals surface area contributed by atoms with Gasteiger partial charge in [-0.05, 0) is 60.2 Å². The first-order chi connectivity index (χ1) is 10.1. The fourth-order valence-electron chi connectivity index (χ4n) is 2.02. The molecule has 0 bridgehead atoms. The van der Waals surface area contributed by atoms with E-state index in [9.17, 15) is 5.11 Å². The van der Waals surface area contributed by atoms with Gasteiger partial charge in [0.15, 0.2) is 4.77 Å². The molecule has 1 aromatic heterocycles. The van der Waals surface area contributed by atoms with Gasteiger partial charge in [0.25, 0.3) is 0 Å². The summed E-state index contributed by atoms with van der Waals surface area (Å²) >= 11 is 11.1. The largest absolute Gasteiger partial charge is 0.508 e. The molecule has 3 rings (SSSR count). The maximum Gasteiger partial charge on any atom is 0.197 e. The van der Waals surface area contributed by atoms with E-state index < -0.39 is 0 Å². The third kappa shape index (κ3) is 3.12. The molecule has 1 heterocycles. The van der Waals surface area contributed by atoms with Gasteiger partial charge in [-0.15, -0.1) is 0 Å². The lowest BCUT2D eigenvalue weighted by molar-refractivity contribution is 0.475. The van der Waals surface area contributed by atoms with E-state index in [-0.39, 0.29) is 5.75 Å². The van der Waals surface area contributed by atoms with Crippen LogP contribution in [-0.4, -0.2) is 15.1 Å². The molecular formula is C16H11ClN2OS. The third-order valence-electron chi connectivity index (χ3n) is 3.06. The second kappa shape index (κ2) is 5.68. The van der Waals surface area contributed by atoms with Crippen LogP contribution >= 0.6 is 23.8 Å². The number of aromatic nitrogens is 2. The minimum atomic E-state index is 0.220. The first-order valence-electron chi connectivity index (χ1n) is 6.28. The number of H-pyrrole nitrogens is 1. The molecule has 2 aromatic carbocycles. The Labute approximate surface area is 131 Å². The lowest BCUT2D eigenvalue weighted by Crippen LogP contribution is -1.91. The van der Waals surface area contributed by atoms with Crippen LogP contribution < -0.4 is 0 Å². The van der Waals surface area contributed by atoms with Gasteiger partial charge in [-0.25, -0.2) is 4.98 Å². The average Bonchev–Trinajstić information content (AvgIpc) is 2.48. The predicted octanol–water partition coefficient (Wildman–Crippen LogP) is 4.83. The standard InChI is InChI=1S/C16H11ClN2OS/c17-12-5-1-10(2-6-12)14-9-15(19-16(21)18-14)11-3-7-13(20)8-4-11/h1-9,20H,(H,18,19,21). The molecule has 0 saturated heterocycles. The summed E-state index contributed by atoms with van der Waals surface area (Å²) < 4.78 is 0.408. The Hall–Kier alpha value is -2.17. The molecule has 0 unspecified atom stereocenters. The second-order valence-electron chi connectivity index (χ2n) is 4.54. The maximum absolute atomic E-state index is 9.36. The number of nitrogens with one attached hydrogen (secondary N) is 1. The van der Waals surface area contributed by atoms with Crippen molar-refractivity contribution in [2.24, 2.45) is 0 Å². The lowest BCUT2D eigenvalue weighted by atomic mass is 10.1. The molecule has 2 N–H and O–H groups in total. The normalized spacial score (nSPS) is 10.5. The Morgan fingerprint density at radius 3 is 2.24 bits per heavy atom. The van der Waals surface area contributed by atoms with Gasteiger partial charge in [-0.3, -0.25) is 0 Å². The van der Waals surface area contributed by atoms with E-state index in [0.717, 1.165) is 22.5 Å². The van der Waals surface area contributed by atoms with Crippen molar-refractivity contribution in [1.29, 1.82) is 0 Å². The zero-order valence-electron chi connectivity index (χ0n) is 10.9. The summed E-state index contributed by atoms with van der Waals surface area (Å²) in [5.74, 6) is 0.220. The highest BCUT2D eigenvalue weighted by atomic mass is 35.5. The first kappa shape index (κ1) is 13.8. The summed E-state index contributed by atoms with van der Waals surface area (Å²) in [5, 5.41) is 10.0. The first-order valence-corrected chi connectivity index (χ1v) is 7.07. The molecule has 0 atom stereocenters. The Bertz CT molecular complexity index is 759. The molecule has 5 heteroatoms. The van der Waals surface area contributed by atoms with Crippen LogP contribution in [0.5, 0.6) is 5.75 Å². The summed E-state index contributed by atoms with van der Waals surface area (Å²) in [5.41, 5.74) is 3.49. The molecule has 0 aliphatic heterocycles. The van der Waals surface area contributed by atoms with Gasteiger partial charge in [0, 0.05) is 16.3 Å². The summed E-state index contributed by atoms with van der Waals surface area (Å²) in [7, 11) is 0. The van der Waals surface area contributed by atoms with Crippen molar-refractivity contribution in [3.8, 4) is 28.3 Å². The number of nitrogens with zero attached hydrogens (tertiary/aromatic N) is 1. The zero-order chi connectivity index (χ0) is 14.8. The Morgan fingerprint density at radius 1 is 0.952 bits per heavy atom. The zero-order valence-corrected chi connectivity index (χ0v) is 12.4. The van der Waals surface area contributed by atoms with Gasteiger partial charge in [-0.1, -0.05) is 23.7 Å². The molecule has 0 amide bonds. The number of aromatic hydroxyl groups is 1. The van der Waals surface area contributed by atoms with E-state index in [4.69, 9.17) is 23.8 Å². The van der Waals surface area contributed by atoms with Crippen LogP contribution in [-0.2, 0) is 0 Å². The van der Waals surface area contributed by atoms with E-state index in [0.29, 0.717) is 9.79 Å². The molecule has 3 nitrogen and oxygen atoms in total. The summed E-state index contributed by atoms with van der Waals surface area (Å²) in [6.07, 6.45) is 0. The van der Waals surface area contributed by atoms with Gasteiger partial charge >= 0.3 is 0 Å². The van der Waals surface area contributed by atoms with Crippen molar-refractivity contribution in [3.63, 3.8) is 0 Å². The van der Waals surface area contributed by atoms with Crippen LogP contribution in [0.25, 0.3) is 22.5 Å². The number of phenols is 1. The van der Waals surface area contributed by atoms with Crippen molar-refractivity contribution >= 4 is 23.8 Å². The molecule has 0 fully saturated rings. The van der Waals surface area contributed by atoms with Gasteiger partial charge < -0.3 is 10.1 Å². The molecule has 21 heavy (non-hydrogen) atoms. The topological polar surface area (TPSA) is 48.9 Å². The monoisotopic (exact) mass is 314 g/mol. The van der Waals surface area contributed by atoms with Crippen molar-refractivity contribution in [2.75, 3.05) is 0 Å². The minimum Gasteiger partial charge on any atom is -0.508 e. The minimum absolute atomic E-state index is 0.220. The van der Waals surface area contributed by atoms with Crippen LogP contribution in [0, 0.1) is 4.77 Å². The second-order valence-corrected chi connectivity index (χ2v) is 5.36. The van der Waals surface area contributed by atoms with Crippen LogP contribution in [0.2, 0.25) is 5.02 Å². The molecule has 3 aromatic rings.